The number of carbonyl (C=O) groups excluding carboxylic acids is 1. The molecule has 0 aliphatic carbocycles. The topological polar surface area (TPSA) is 85.9 Å². The van der Waals surface area contributed by atoms with E-state index in [1.54, 1.807) is 0 Å². The maximum atomic E-state index is 13.1. The lowest BCUT2D eigenvalue weighted by molar-refractivity contribution is -0.145. The SMILES string of the molecule is CCC[C@H](NC(=O)C1(c2ccccc2)CC(CN)=NO1)C(=S)OC. The van der Waals surface area contributed by atoms with Crippen molar-refractivity contribution in [1.29, 1.82) is 0 Å². The van der Waals surface area contributed by atoms with Crippen molar-refractivity contribution in [2.24, 2.45) is 10.9 Å². The molecule has 0 aromatic heterocycles. The van der Waals surface area contributed by atoms with Gasteiger partial charge in [0.05, 0.1) is 18.9 Å². The molecule has 3 N–H and O–H groups in total. The lowest BCUT2D eigenvalue weighted by atomic mass is 9.87. The fourth-order valence-electron chi connectivity index (χ4n) is 2.67. The average Bonchev–Trinajstić information content (AvgIpc) is 3.07. The van der Waals surface area contributed by atoms with E-state index in [9.17, 15) is 4.79 Å². The second-order valence-electron chi connectivity index (χ2n) is 5.66. The number of carbonyl (C=O) groups is 1. The number of hydrogen-bond donors (Lipinski definition) is 2. The number of nitrogens with one attached hydrogen (secondary N) is 1. The van der Waals surface area contributed by atoms with Crippen molar-refractivity contribution in [2.45, 2.75) is 37.8 Å². The van der Waals surface area contributed by atoms with Gasteiger partial charge in [0.2, 0.25) is 5.60 Å². The summed E-state index contributed by atoms with van der Waals surface area (Å²) in [5, 5.41) is 7.29. The fourth-order valence-corrected chi connectivity index (χ4v) is 2.85. The Morgan fingerprint density at radius 2 is 2.21 bits per heavy atom. The number of nitrogens with zero attached hydrogens (tertiary/aromatic N) is 1. The molecule has 2 rings (SSSR count). The van der Waals surface area contributed by atoms with Crippen molar-refractivity contribution in [1.82, 2.24) is 5.32 Å². The molecule has 1 aliphatic heterocycles. The molecule has 1 aliphatic rings. The highest BCUT2D eigenvalue weighted by Gasteiger charge is 2.48. The van der Waals surface area contributed by atoms with Gasteiger partial charge < -0.3 is 20.6 Å². The summed E-state index contributed by atoms with van der Waals surface area (Å²) in [6.45, 7) is 2.27. The van der Waals surface area contributed by atoms with Crippen LogP contribution in [-0.4, -0.2) is 36.4 Å². The number of nitrogens with two attached hydrogens (primary N) is 1. The van der Waals surface area contributed by atoms with E-state index in [1.165, 1.54) is 7.11 Å². The zero-order chi connectivity index (χ0) is 17.6. The molecule has 2 atom stereocenters. The van der Waals surface area contributed by atoms with Crippen LogP contribution in [0.5, 0.6) is 0 Å². The first kappa shape index (κ1) is 18.4. The first-order valence-corrected chi connectivity index (χ1v) is 8.36. The van der Waals surface area contributed by atoms with Crippen LogP contribution in [0.3, 0.4) is 0 Å². The normalized spacial score (nSPS) is 20.7. The summed E-state index contributed by atoms with van der Waals surface area (Å²) in [7, 11) is 1.51. The molecule has 0 saturated carbocycles. The third-order valence-electron chi connectivity index (χ3n) is 3.99. The average molecular weight is 349 g/mol. The second-order valence-corrected chi connectivity index (χ2v) is 6.06. The van der Waals surface area contributed by atoms with Crippen LogP contribution in [-0.2, 0) is 20.0 Å². The Balaban J connectivity index is 2.28. The number of oxime groups is 1. The van der Waals surface area contributed by atoms with E-state index in [4.69, 9.17) is 27.5 Å². The Hall–Kier alpha value is -1.99. The Labute approximate surface area is 147 Å². The molecule has 0 bridgehead atoms. The van der Waals surface area contributed by atoms with E-state index in [-0.39, 0.29) is 18.5 Å². The third kappa shape index (κ3) is 3.73. The Morgan fingerprint density at radius 1 is 1.50 bits per heavy atom. The third-order valence-corrected chi connectivity index (χ3v) is 4.45. The Morgan fingerprint density at radius 3 is 2.75 bits per heavy atom. The minimum absolute atomic E-state index is 0.247. The quantitative estimate of drug-likeness (QED) is 0.734. The van der Waals surface area contributed by atoms with Crippen LogP contribution in [0.15, 0.2) is 35.5 Å². The molecule has 0 spiro atoms. The number of thiocarbonyl (C=S) groups is 1. The first-order valence-electron chi connectivity index (χ1n) is 7.95. The van der Waals surface area contributed by atoms with Gasteiger partial charge in [-0.05, 0) is 18.6 Å². The lowest BCUT2D eigenvalue weighted by Gasteiger charge is -2.28. The summed E-state index contributed by atoms with van der Waals surface area (Å²) >= 11 is 5.21. The highest BCUT2D eigenvalue weighted by atomic mass is 32.1. The van der Waals surface area contributed by atoms with Gasteiger partial charge in [0.25, 0.3) is 5.91 Å². The molecule has 1 unspecified atom stereocenters. The van der Waals surface area contributed by atoms with Crippen LogP contribution in [0.4, 0.5) is 0 Å². The van der Waals surface area contributed by atoms with Crippen molar-refractivity contribution < 1.29 is 14.4 Å². The maximum absolute atomic E-state index is 13.1. The summed E-state index contributed by atoms with van der Waals surface area (Å²) in [5.74, 6) is -0.293. The molecule has 0 saturated heterocycles. The smallest absolute Gasteiger partial charge is 0.272 e. The molecule has 1 aromatic rings. The first-order chi connectivity index (χ1) is 11.6. The van der Waals surface area contributed by atoms with Gasteiger partial charge in [-0.3, -0.25) is 4.79 Å². The highest BCUT2D eigenvalue weighted by Crippen LogP contribution is 2.35. The maximum Gasteiger partial charge on any atom is 0.272 e. The van der Waals surface area contributed by atoms with Crippen molar-refractivity contribution in [3.63, 3.8) is 0 Å². The van der Waals surface area contributed by atoms with E-state index in [0.717, 1.165) is 12.0 Å². The number of hydrogen-bond acceptors (Lipinski definition) is 6. The molecular formula is C17H23N3O3S. The molecule has 0 fully saturated rings. The van der Waals surface area contributed by atoms with Crippen molar-refractivity contribution >= 4 is 28.9 Å². The van der Waals surface area contributed by atoms with Crippen LogP contribution in [0.25, 0.3) is 0 Å². The number of benzene rings is 1. The van der Waals surface area contributed by atoms with E-state index in [0.29, 0.717) is 23.6 Å². The monoisotopic (exact) mass is 349 g/mol. The Bertz CT molecular complexity index is 621. The van der Waals surface area contributed by atoms with Gasteiger partial charge in [0, 0.05) is 18.5 Å². The largest absolute Gasteiger partial charge is 0.488 e. The second kappa shape index (κ2) is 8.21. The molecule has 6 nitrogen and oxygen atoms in total. The summed E-state index contributed by atoms with van der Waals surface area (Å²) in [6.07, 6.45) is 1.87. The van der Waals surface area contributed by atoms with Crippen LogP contribution in [0, 0.1) is 0 Å². The molecule has 24 heavy (non-hydrogen) atoms. The van der Waals surface area contributed by atoms with Gasteiger partial charge in [-0.2, -0.15) is 0 Å². The minimum Gasteiger partial charge on any atom is -0.488 e. The number of methoxy groups -OCH3 is 1. The zero-order valence-corrected chi connectivity index (χ0v) is 14.8. The van der Waals surface area contributed by atoms with Gasteiger partial charge in [-0.1, -0.05) is 48.8 Å². The summed E-state index contributed by atoms with van der Waals surface area (Å²) < 4.78 is 5.14. The van der Waals surface area contributed by atoms with Gasteiger partial charge in [0.1, 0.15) is 0 Å². The molecule has 0 radical (unpaired) electrons. The zero-order valence-electron chi connectivity index (χ0n) is 14.0. The molecule has 1 amide bonds. The number of ether oxygens (including phenoxy) is 1. The molecule has 130 valence electrons. The van der Waals surface area contributed by atoms with Crippen molar-refractivity contribution in [3.05, 3.63) is 35.9 Å². The highest BCUT2D eigenvalue weighted by molar-refractivity contribution is 7.80. The fraction of sp³-hybridized carbons (Fsp3) is 0.471. The summed E-state index contributed by atoms with van der Waals surface area (Å²) in [6, 6.07) is 8.94. The van der Waals surface area contributed by atoms with E-state index < -0.39 is 5.60 Å². The lowest BCUT2D eigenvalue weighted by Crippen LogP contribution is -2.51. The Kier molecular flexibility index (Phi) is 6.28. The van der Waals surface area contributed by atoms with Crippen molar-refractivity contribution in [3.8, 4) is 0 Å². The van der Waals surface area contributed by atoms with E-state index in [1.807, 2.05) is 37.3 Å². The van der Waals surface area contributed by atoms with Crippen LogP contribution in [0.1, 0.15) is 31.7 Å². The number of rotatable bonds is 7. The standard InChI is InChI=1S/C17H23N3O3S/c1-3-7-14(15(24)22-2)19-16(21)17(10-13(11-18)20-23-17)12-8-5-4-6-9-12/h4-6,8-9,14H,3,7,10-11,18H2,1-2H3,(H,19,21)/t14-,17?/m0/s1. The predicted octanol–water partition coefficient (Wildman–Crippen LogP) is 1.88. The van der Waals surface area contributed by atoms with Crippen molar-refractivity contribution in [2.75, 3.05) is 13.7 Å². The van der Waals surface area contributed by atoms with Crippen LogP contribution >= 0.6 is 12.2 Å². The number of amides is 1. The van der Waals surface area contributed by atoms with Gasteiger partial charge in [0.15, 0.2) is 5.05 Å². The predicted molar refractivity (Wildman–Crippen MR) is 96.8 cm³/mol. The van der Waals surface area contributed by atoms with E-state index in [2.05, 4.69) is 10.5 Å². The van der Waals surface area contributed by atoms with Crippen LogP contribution < -0.4 is 11.1 Å². The summed E-state index contributed by atoms with van der Waals surface area (Å²) in [5.41, 5.74) is 5.83. The molecule has 7 heteroatoms. The summed E-state index contributed by atoms with van der Waals surface area (Å²) in [4.78, 5) is 18.7. The molecular weight excluding hydrogens is 326 g/mol. The van der Waals surface area contributed by atoms with Crippen LogP contribution in [0.2, 0.25) is 0 Å². The molecule has 1 heterocycles. The molecule has 1 aromatic carbocycles. The van der Waals surface area contributed by atoms with E-state index >= 15 is 0 Å². The minimum atomic E-state index is -1.22. The van der Waals surface area contributed by atoms with Gasteiger partial charge >= 0.3 is 0 Å². The van der Waals surface area contributed by atoms with Gasteiger partial charge in [-0.15, -0.1) is 0 Å². The van der Waals surface area contributed by atoms with Gasteiger partial charge in [-0.25, -0.2) is 0 Å².